The van der Waals surface area contributed by atoms with E-state index in [0.717, 1.165) is 13.1 Å². The smallest absolute Gasteiger partial charge is 0.0791 e. The van der Waals surface area contributed by atoms with Gasteiger partial charge in [-0.2, -0.15) is 0 Å². The maximum Gasteiger partial charge on any atom is 0.0791 e. The molecule has 3 atom stereocenters. The Hall–Kier alpha value is 0.0300. The first-order valence-corrected chi connectivity index (χ1v) is 7.66. The average Bonchev–Trinajstić information content (AvgIpc) is 2.22. The number of nitrogens with one attached hydrogen (secondary N) is 1. The molecular formula is C11H26N2O2S. The van der Waals surface area contributed by atoms with Crippen molar-refractivity contribution in [2.45, 2.75) is 32.9 Å². The van der Waals surface area contributed by atoms with Crippen LogP contribution in [0.25, 0.3) is 0 Å². The summed E-state index contributed by atoms with van der Waals surface area (Å²) in [5.41, 5.74) is 0. The predicted octanol–water partition coefficient (Wildman–Crippen LogP) is 0.0457. The van der Waals surface area contributed by atoms with Crippen molar-refractivity contribution < 1.29 is 9.32 Å². The maximum atomic E-state index is 11.0. The molecule has 5 heteroatoms. The van der Waals surface area contributed by atoms with Crippen LogP contribution in [0.1, 0.15) is 20.8 Å². The van der Waals surface area contributed by atoms with Crippen molar-refractivity contribution in [3.8, 4) is 0 Å². The second kappa shape index (κ2) is 9.10. The highest BCUT2D eigenvalue weighted by Gasteiger charge is 2.10. The molecule has 0 fully saturated rings. The second-order valence-corrected chi connectivity index (χ2v) is 5.67. The molecule has 0 aliphatic rings. The van der Waals surface area contributed by atoms with Crippen LogP contribution in [0, 0.1) is 0 Å². The maximum absolute atomic E-state index is 11.0. The Morgan fingerprint density at radius 3 is 2.38 bits per heavy atom. The normalized spacial score (nSPS) is 17.4. The average molecular weight is 250 g/mol. The van der Waals surface area contributed by atoms with Crippen molar-refractivity contribution in [1.82, 2.24) is 10.2 Å². The van der Waals surface area contributed by atoms with Crippen molar-refractivity contribution in [3.63, 3.8) is 0 Å². The summed E-state index contributed by atoms with van der Waals surface area (Å²) in [6.07, 6.45) is 1.34. The molecule has 16 heavy (non-hydrogen) atoms. The molecule has 3 unspecified atom stereocenters. The molecule has 0 saturated heterocycles. The van der Waals surface area contributed by atoms with Gasteiger partial charge in [0.25, 0.3) is 0 Å². The van der Waals surface area contributed by atoms with Gasteiger partial charge in [-0.1, -0.05) is 13.8 Å². The summed E-state index contributed by atoms with van der Waals surface area (Å²) in [6, 6.07) is 0.192. The van der Waals surface area contributed by atoms with Crippen molar-refractivity contribution in [3.05, 3.63) is 0 Å². The molecule has 0 saturated carbocycles. The van der Waals surface area contributed by atoms with Gasteiger partial charge in [0.2, 0.25) is 0 Å². The van der Waals surface area contributed by atoms with E-state index in [9.17, 15) is 9.32 Å². The van der Waals surface area contributed by atoms with Crippen LogP contribution in [0.4, 0.5) is 0 Å². The van der Waals surface area contributed by atoms with E-state index in [1.807, 2.05) is 6.92 Å². The minimum absolute atomic E-state index is 0.192. The number of rotatable bonds is 9. The van der Waals surface area contributed by atoms with Gasteiger partial charge < -0.3 is 15.3 Å². The molecule has 0 aliphatic heterocycles. The fraction of sp³-hybridized carbons (Fsp3) is 1.00. The van der Waals surface area contributed by atoms with E-state index in [4.69, 9.17) is 0 Å². The summed E-state index contributed by atoms with van der Waals surface area (Å²) >= 11 is 0. The van der Waals surface area contributed by atoms with Crippen LogP contribution in [0.15, 0.2) is 0 Å². The lowest BCUT2D eigenvalue weighted by molar-refractivity contribution is 0.115. The monoisotopic (exact) mass is 250 g/mol. The van der Waals surface area contributed by atoms with Gasteiger partial charge in [0.15, 0.2) is 0 Å². The molecule has 2 N–H and O–H groups in total. The van der Waals surface area contributed by atoms with Gasteiger partial charge >= 0.3 is 0 Å². The van der Waals surface area contributed by atoms with E-state index < -0.39 is 10.8 Å². The molecule has 98 valence electrons. The third-order valence-corrected chi connectivity index (χ3v) is 3.52. The highest BCUT2D eigenvalue weighted by atomic mass is 32.2. The number of likely N-dealkylation sites (N-methyl/N-ethyl adjacent to an activating group) is 1. The van der Waals surface area contributed by atoms with Crippen LogP contribution >= 0.6 is 0 Å². The zero-order chi connectivity index (χ0) is 12.6. The minimum Gasteiger partial charge on any atom is -0.390 e. The number of hydrogen-bond acceptors (Lipinski definition) is 4. The zero-order valence-electron chi connectivity index (χ0n) is 10.9. The largest absolute Gasteiger partial charge is 0.390 e. The van der Waals surface area contributed by atoms with Gasteiger partial charge in [-0.15, -0.1) is 0 Å². The van der Waals surface area contributed by atoms with Gasteiger partial charge in [0.1, 0.15) is 0 Å². The van der Waals surface area contributed by atoms with Crippen molar-refractivity contribution in [2.24, 2.45) is 0 Å². The molecule has 4 nitrogen and oxygen atoms in total. The molecule has 0 aliphatic carbocycles. The summed E-state index contributed by atoms with van der Waals surface area (Å²) in [5, 5.41) is 13.0. The number of hydrogen-bond donors (Lipinski definition) is 2. The van der Waals surface area contributed by atoms with Gasteiger partial charge in [0.05, 0.1) is 6.10 Å². The molecular weight excluding hydrogens is 224 g/mol. The Morgan fingerprint density at radius 1 is 1.38 bits per heavy atom. The molecule has 0 aromatic heterocycles. The van der Waals surface area contributed by atoms with Crippen molar-refractivity contribution in [2.75, 3.05) is 38.2 Å². The first-order chi connectivity index (χ1) is 7.49. The van der Waals surface area contributed by atoms with E-state index >= 15 is 0 Å². The summed E-state index contributed by atoms with van der Waals surface area (Å²) in [6.45, 7) is 9.35. The van der Waals surface area contributed by atoms with Crippen molar-refractivity contribution >= 4 is 10.8 Å². The van der Waals surface area contributed by atoms with E-state index in [2.05, 4.69) is 24.1 Å². The van der Waals surface area contributed by atoms with Crippen LogP contribution in [-0.2, 0) is 10.8 Å². The van der Waals surface area contributed by atoms with Gasteiger partial charge in [-0.3, -0.25) is 4.21 Å². The lowest BCUT2D eigenvalue weighted by Gasteiger charge is -2.23. The Bertz CT molecular complexity index is 198. The highest BCUT2D eigenvalue weighted by Crippen LogP contribution is 1.93. The summed E-state index contributed by atoms with van der Waals surface area (Å²) < 4.78 is 11.0. The number of nitrogens with zero attached hydrogens (tertiary/aromatic N) is 1. The molecule has 0 radical (unpaired) electrons. The Labute approximate surface area is 102 Å². The van der Waals surface area contributed by atoms with E-state index in [-0.39, 0.29) is 12.1 Å². The van der Waals surface area contributed by atoms with Crippen LogP contribution < -0.4 is 5.32 Å². The fourth-order valence-corrected chi connectivity index (χ4v) is 2.41. The first-order valence-electron chi connectivity index (χ1n) is 5.93. The Balaban J connectivity index is 3.71. The van der Waals surface area contributed by atoms with Crippen molar-refractivity contribution in [1.29, 1.82) is 0 Å². The summed E-state index contributed by atoms with van der Waals surface area (Å²) in [5.74, 6) is 0.637. The molecule has 0 aromatic rings. The predicted molar refractivity (Wildman–Crippen MR) is 70.2 cm³/mol. The third kappa shape index (κ3) is 8.21. The summed E-state index contributed by atoms with van der Waals surface area (Å²) in [4.78, 5) is 2.19. The first kappa shape index (κ1) is 16.0. The number of aliphatic hydroxyl groups is 1. The van der Waals surface area contributed by atoms with E-state index in [1.165, 1.54) is 0 Å². The Kier molecular flexibility index (Phi) is 9.12. The number of aliphatic hydroxyl groups excluding tert-OH is 1. The zero-order valence-corrected chi connectivity index (χ0v) is 11.7. The highest BCUT2D eigenvalue weighted by molar-refractivity contribution is 7.84. The fourth-order valence-electron chi connectivity index (χ4n) is 1.59. The third-order valence-electron chi connectivity index (χ3n) is 2.55. The summed E-state index contributed by atoms with van der Waals surface area (Å²) in [7, 11) is -0.779. The molecule has 0 rings (SSSR count). The second-order valence-electron chi connectivity index (χ2n) is 4.19. The molecule has 0 amide bonds. The van der Waals surface area contributed by atoms with Crippen LogP contribution in [0.3, 0.4) is 0 Å². The van der Waals surface area contributed by atoms with Gasteiger partial charge in [0, 0.05) is 41.9 Å². The minimum atomic E-state index is -0.779. The topological polar surface area (TPSA) is 52.6 Å². The van der Waals surface area contributed by atoms with Gasteiger partial charge in [-0.05, 0) is 20.0 Å². The standard InChI is InChI=1S/C11H26N2O2S/c1-5-13(6-2)8-11(14)7-12-10(3)9-16(4)15/h10-12,14H,5-9H2,1-4H3. The van der Waals surface area contributed by atoms with Crippen LogP contribution in [0.2, 0.25) is 0 Å². The Morgan fingerprint density at radius 2 is 1.94 bits per heavy atom. The SMILES string of the molecule is CCN(CC)CC(O)CNC(C)CS(C)=O. The van der Waals surface area contributed by atoms with Gasteiger partial charge in [-0.25, -0.2) is 0 Å². The van der Waals surface area contributed by atoms with E-state index in [0.29, 0.717) is 18.8 Å². The quantitative estimate of drug-likeness (QED) is 0.607. The lowest BCUT2D eigenvalue weighted by Crippen LogP contribution is -2.42. The van der Waals surface area contributed by atoms with Crippen LogP contribution in [0.5, 0.6) is 0 Å². The molecule has 0 aromatic carbocycles. The molecule has 0 heterocycles. The molecule has 0 spiro atoms. The van der Waals surface area contributed by atoms with E-state index in [1.54, 1.807) is 6.26 Å². The lowest BCUT2D eigenvalue weighted by atomic mass is 10.3. The molecule has 0 bridgehead atoms. The van der Waals surface area contributed by atoms with Crippen LogP contribution in [-0.4, -0.2) is 64.5 Å².